The second-order valence-corrected chi connectivity index (χ2v) is 14.7. The van der Waals surface area contributed by atoms with Gasteiger partial charge in [-0.1, -0.05) is 93.6 Å². The summed E-state index contributed by atoms with van der Waals surface area (Å²) in [6, 6.07) is 27.4. The maximum absolute atomic E-state index is 7.30. The van der Waals surface area contributed by atoms with Crippen molar-refractivity contribution in [1.29, 1.82) is 0 Å². The van der Waals surface area contributed by atoms with E-state index in [0.717, 1.165) is 35.7 Å². The van der Waals surface area contributed by atoms with Gasteiger partial charge in [-0.05, 0) is 57.1 Å². The fourth-order valence-corrected chi connectivity index (χ4v) is 10.0. The molecule has 3 nitrogen and oxygen atoms in total. The fraction of sp³-hybridized carbons (Fsp3) is 0.290. The van der Waals surface area contributed by atoms with Gasteiger partial charge in [0.25, 0.3) is 8.32 Å². The van der Waals surface area contributed by atoms with Crippen molar-refractivity contribution in [3.63, 3.8) is 0 Å². The zero-order valence-electron chi connectivity index (χ0n) is 21.3. The highest BCUT2D eigenvalue weighted by Crippen LogP contribution is 2.37. The average molecular weight is 513 g/mol. The molecule has 0 saturated carbocycles. The van der Waals surface area contributed by atoms with Crippen LogP contribution in [0.15, 0.2) is 85.1 Å². The number of rotatable bonds is 9. The van der Waals surface area contributed by atoms with Crippen molar-refractivity contribution < 1.29 is 4.43 Å². The highest BCUT2D eigenvalue weighted by Gasteiger charge is 2.49. The van der Waals surface area contributed by atoms with E-state index in [9.17, 15) is 0 Å². The molecule has 0 saturated heterocycles. The van der Waals surface area contributed by atoms with Crippen molar-refractivity contribution in [2.45, 2.75) is 51.0 Å². The van der Waals surface area contributed by atoms with Gasteiger partial charge in [-0.2, -0.15) is 0 Å². The summed E-state index contributed by atoms with van der Waals surface area (Å²) >= 11 is 6.25. The number of unbranched alkanes of at least 4 members (excludes halogenated alkanes) is 1. The molecule has 4 rings (SSSR count). The minimum absolute atomic E-state index is 0.0261. The molecule has 0 N–H and O–H groups in total. The summed E-state index contributed by atoms with van der Waals surface area (Å²) in [4.78, 5) is 8.15. The van der Waals surface area contributed by atoms with Crippen molar-refractivity contribution in [3.05, 3.63) is 108 Å². The molecule has 36 heavy (non-hydrogen) atoms. The molecule has 0 radical (unpaired) electrons. The lowest BCUT2D eigenvalue weighted by Gasteiger charge is -2.43. The summed E-state index contributed by atoms with van der Waals surface area (Å²) in [6.45, 7) is 14.9. The lowest BCUT2D eigenvalue weighted by Crippen LogP contribution is -2.66. The molecule has 1 aromatic heterocycles. The Kier molecular flexibility index (Phi) is 8.26. The number of pyridine rings is 1. The maximum Gasteiger partial charge on any atom is 0.261 e. The number of hydrogen-bond donors (Lipinski definition) is 0. The third-order valence-electron chi connectivity index (χ3n) is 6.88. The monoisotopic (exact) mass is 512 g/mol. The molecule has 0 aliphatic rings. The molecule has 0 aliphatic carbocycles. The minimum Gasteiger partial charge on any atom is -0.407 e. The van der Waals surface area contributed by atoms with Gasteiger partial charge in [0.2, 0.25) is 0 Å². The molecule has 0 bridgehead atoms. The number of nitrogens with zero attached hydrogens (tertiary/aromatic N) is 2. The molecule has 5 heteroatoms. The molecule has 0 fully saturated rings. The van der Waals surface area contributed by atoms with Gasteiger partial charge >= 0.3 is 0 Å². The Balaban J connectivity index is 1.55. The minimum atomic E-state index is -2.51. The smallest absolute Gasteiger partial charge is 0.261 e. The van der Waals surface area contributed by atoms with Crippen LogP contribution in [0.5, 0.6) is 0 Å². The van der Waals surface area contributed by atoms with E-state index < -0.39 is 8.32 Å². The van der Waals surface area contributed by atoms with Crippen LogP contribution in [0.3, 0.4) is 0 Å². The lowest BCUT2D eigenvalue weighted by molar-refractivity contribution is 0.288. The Morgan fingerprint density at radius 3 is 2.11 bits per heavy atom. The molecule has 0 atom stereocenters. The van der Waals surface area contributed by atoms with E-state index in [4.69, 9.17) is 22.6 Å². The molecule has 184 valence electrons. The van der Waals surface area contributed by atoms with Gasteiger partial charge in [-0.25, -0.2) is 4.85 Å². The number of hydrogen-bond acceptors (Lipinski definition) is 2. The first-order chi connectivity index (χ1) is 17.4. The summed E-state index contributed by atoms with van der Waals surface area (Å²) in [5, 5.41) is 4.72. The highest BCUT2D eigenvalue weighted by molar-refractivity contribution is 6.99. The SMILES string of the molecule is [C-]#[N+]c1ccc2c(CCCCO[Si](c3ccccc3)(c3ccccc3)C(C)(C)C)c(CCl)ncc2c1. The van der Waals surface area contributed by atoms with E-state index in [2.05, 4.69) is 91.3 Å². The zero-order valence-corrected chi connectivity index (χ0v) is 23.1. The van der Waals surface area contributed by atoms with Crippen molar-refractivity contribution >= 4 is 46.8 Å². The van der Waals surface area contributed by atoms with Gasteiger partial charge in [0.1, 0.15) is 0 Å². The van der Waals surface area contributed by atoms with E-state index in [1.54, 1.807) is 0 Å². The quantitative estimate of drug-likeness (QED) is 0.101. The van der Waals surface area contributed by atoms with Gasteiger partial charge < -0.3 is 4.43 Å². The molecule has 3 aromatic carbocycles. The number of aromatic nitrogens is 1. The molecule has 4 aromatic rings. The largest absolute Gasteiger partial charge is 0.407 e. The van der Waals surface area contributed by atoms with Gasteiger partial charge in [0.05, 0.1) is 18.1 Å². The van der Waals surface area contributed by atoms with Gasteiger partial charge in [-0.3, -0.25) is 4.98 Å². The number of fused-ring (bicyclic) bond motifs is 1. The third kappa shape index (κ3) is 5.25. The van der Waals surface area contributed by atoms with Crippen LogP contribution in [0.25, 0.3) is 15.6 Å². The zero-order chi connectivity index (χ0) is 25.6. The first kappa shape index (κ1) is 26.1. The highest BCUT2D eigenvalue weighted by atomic mass is 35.5. The molecule has 0 spiro atoms. The topological polar surface area (TPSA) is 26.5 Å². The van der Waals surface area contributed by atoms with E-state index >= 15 is 0 Å². The fourth-order valence-electron chi connectivity index (χ4n) is 5.17. The van der Waals surface area contributed by atoms with Crippen LogP contribution in [-0.2, 0) is 16.7 Å². The molecule has 0 unspecified atom stereocenters. The van der Waals surface area contributed by atoms with Crippen LogP contribution in [0.1, 0.15) is 44.9 Å². The Morgan fingerprint density at radius 2 is 1.56 bits per heavy atom. The summed E-state index contributed by atoms with van der Waals surface area (Å²) in [6.07, 6.45) is 4.64. The van der Waals surface area contributed by atoms with Gasteiger partial charge in [0.15, 0.2) is 5.69 Å². The number of aryl methyl sites for hydroxylation is 1. The third-order valence-corrected chi connectivity index (χ3v) is 12.2. The van der Waals surface area contributed by atoms with Crippen LogP contribution in [0.4, 0.5) is 5.69 Å². The first-order valence-electron chi connectivity index (χ1n) is 12.5. The maximum atomic E-state index is 7.30. The van der Waals surface area contributed by atoms with Crippen LogP contribution >= 0.6 is 11.6 Å². The summed E-state index contributed by atoms with van der Waals surface area (Å²) in [7, 11) is -2.51. The molecule has 0 amide bonds. The number of halogens is 1. The lowest BCUT2D eigenvalue weighted by atomic mass is 9.99. The summed E-state index contributed by atoms with van der Waals surface area (Å²) in [5.41, 5.74) is 2.74. The van der Waals surface area contributed by atoms with Crippen molar-refractivity contribution in [3.8, 4) is 0 Å². The standard InChI is InChI=1S/C31H33ClN2OSi/c1-31(2,3)36(26-13-7-5-8-14-26,27-15-9-6-10-16-27)35-20-12-11-17-29-28-19-18-25(33-4)21-24(28)23-34-30(29)22-32/h5-10,13-16,18-19,21,23H,11-12,17,20,22H2,1-3H3. The Hall–Kier alpha value is -2.97. The second-order valence-electron chi connectivity index (χ2n) is 10.2. The number of alkyl halides is 1. The van der Waals surface area contributed by atoms with E-state index in [-0.39, 0.29) is 5.04 Å². The predicted molar refractivity (Wildman–Crippen MR) is 154 cm³/mol. The van der Waals surface area contributed by atoms with E-state index in [0.29, 0.717) is 18.2 Å². The Morgan fingerprint density at radius 1 is 0.917 bits per heavy atom. The van der Waals surface area contributed by atoms with Crippen LogP contribution in [-0.4, -0.2) is 19.9 Å². The molecule has 1 heterocycles. The summed E-state index contributed by atoms with van der Waals surface area (Å²) < 4.78 is 7.04. The first-order valence-corrected chi connectivity index (χ1v) is 14.9. The molecule has 0 aliphatic heterocycles. The second kappa shape index (κ2) is 11.4. The van der Waals surface area contributed by atoms with Crippen molar-refractivity contribution in [1.82, 2.24) is 4.98 Å². The van der Waals surface area contributed by atoms with E-state index in [1.807, 2.05) is 24.4 Å². The normalized spacial score (nSPS) is 12.0. The van der Waals surface area contributed by atoms with E-state index in [1.165, 1.54) is 15.9 Å². The van der Waals surface area contributed by atoms with Crippen molar-refractivity contribution in [2.24, 2.45) is 0 Å². The summed E-state index contributed by atoms with van der Waals surface area (Å²) in [5.74, 6) is 0.383. The van der Waals surface area contributed by atoms with Gasteiger partial charge in [0, 0.05) is 12.8 Å². The van der Waals surface area contributed by atoms with Gasteiger partial charge in [-0.15, -0.1) is 11.6 Å². The van der Waals surface area contributed by atoms with Crippen LogP contribution < -0.4 is 10.4 Å². The van der Waals surface area contributed by atoms with Crippen LogP contribution in [0.2, 0.25) is 5.04 Å². The Bertz CT molecular complexity index is 1300. The number of benzene rings is 3. The molecular formula is C31H33ClN2OSi. The Labute approximate surface area is 221 Å². The molecular weight excluding hydrogens is 480 g/mol. The predicted octanol–water partition coefficient (Wildman–Crippen LogP) is 7.42. The van der Waals surface area contributed by atoms with Crippen LogP contribution in [0, 0.1) is 6.57 Å². The van der Waals surface area contributed by atoms with Crippen molar-refractivity contribution in [2.75, 3.05) is 6.61 Å². The average Bonchev–Trinajstić information content (AvgIpc) is 2.90.